The maximum Gasteiger partial charge on any atom is 0.325 e. The van der Waals surface area contributed by atoms with Gasteiger partial charge in [0.05, 0.1) is 7.11 Å². The molecule has 0 aliphatic heterocycles. The average molecular weight is 272 g/mol. The predicted molar refractivity (Wildman–Crippen MR) is 80.2 cm³/mol. The number of ether oxygens (including phenoxy) is 1. The van der Waals surface area contributed by atoms with Crippen molar-refractivity contribution in [2.24, 2.45) is 5.92 Å². The van der Waals surface area contributed by atoms with Crippen LogP contribution in [0.4, 0.5) is 0 Å². The van der Waals surface area contributed by atoms with Gasteiger partial charge < -0.3 is 10.1 Å². The molecule has 0 rings (SSSR count). The van der Waals surface area contributed by atoms with Gasteiger partial charge in [0.2, 0.25) is 0 Å². The van der Waals surface area contributed by atoms with E-state index in [1.165, 1.54) is 7.11 Å². The van der Waals surface area contributed by atoms with Crippen molar-refractivity contribution in [2.75, 3.05) is 20.7 Å². The van der Waals surface area contributed by atoms with E-state index in [9.17, 15) is 4.79 Å². The minimum absolute atomic E-state index is 0.199. The highest BCUT2D eigenvalue weighted by Crippen LogP contribution is 2.20. The molecule has 0 spiro atoms. The Hall–Kier alpha value is -0.610. The van der Waals surface area contributed by atoms with Crippen LogP contribution in [0.25, 0.3) is 0 Å². The molecule has 0 saturated heterocycles. The molecule has 0 bridgehead atoms. The summed E-state index contributed by atoms with van der Waals surface area (Å²) in [6.45, 7) is 14.0. The number of esters is 1. The molecule has 0 amide bonds. The van der Waals surface area contributed by atoms with E-state index in [1.54, 1.807) is 0 Å². The molecule has 0 saturated carbocycles. The van der Waals surface area contributed by atoms with Gasteiger partial charge in [0.1, 0.15) is 5.54 Å². The van der Waals surface area contributed by atoms with Crippen molar-refractivity contribution in [3.05, 3.63) is 0 Å². The first-order chi connectivity index (χ1) is 8.67. The number of methoxy groups -OCH3 is 1. The van der Waals surface area contributed by atoms with Crippen molar-refractivity contribution in [1.82, 2.24) is 10.2 Å². The number of carbonyl (C=O) groups excluding carboxylic acids is 1. The topological polar surface area (TPSA) is 41.6 Å². The molecule has 19 heavy (non-hydrogen) atoms. The van der Waals surface area contributed by atoms with E-state index in [-0.39, 0.29) is 5.97 Å². The van der Waals surface area contributed by atoms with Gasteiger partial charge in [-0.2, -0.15) is 0 Å². The van der Waals surface area contributed by atoms with Crippen LogP contribution in [-0.2, 0) is 9.53 Å². The second-order valence-electron chi connectivity index (χ2n) is 6.31. The first kappa shape index (κ1) is 18.4. The van der Waals surface area contributed by atoms with Gasteiger partial charge in [-0.15, -0.1) is 0 Å². The molecule has 2 atom stereocenters. The van der Waals surface area contributed by atoms with E-state index < -0.39 is 5.54 Å². The lowest BCUT2D eigenvalue weighted by Crippen LogP contribution is -2.54. The summed E-state index contributed by atoms with van der Waals surface area (Å²) < 4.78 is 4.91. The van der Waals surface area contributed by atoms with Gasteiger partial charge in [-0.25, -0.2) is 0 Å². The molecular formula is C15H32N2O2. The van der Waals surface area contributed by atoms with Gasteiger partial charge in [0.25, 0.3) is 0 Å². The van der Waals surface area contributed by atoms with Gasteiger partial charge in [-0.1, -0.05) is 13.8 Å². The van der Waals surface area contributed by atoms with Gasteiger partial charge >= 0.3 is 5.97 Å². The molecule has 0 aliphatic carbocycles. The van der Waals surface area contributed by atoms with E-state index in [0.29, 0.717) is 18.0 Å². The van der Waals surface area contributed by atoms with Crippen LogP contribution in [0.1, 0.15) is 48.0 Å². The second kappa shape index (κ2) is 7.85. The van der Waals surface area contributed by atoms with Crippen molar-refractivity contribution < 1.29 is 9.53 Å². The first-order valence-electron chi connectivity index (χ1n) is 7.21. The Morgan fingerprint density at radius 1 is 1.26 bits per heavy atom. The van der Waals surface area contributed by atoms with E-state index in [2.05, 4.69) is 44.8 Å². The summed E-state index contributed by atoms with van der Waals surface area (Å²) in [6.07, 6.45) is 0.737. The fourth-order valence-electron chi connectivity index (χ4n) is 2.54. The molecule has 0 aromatic carbocycles. The Morgan fingerprint density at radius 3 is 2.11 bits per heavy atom. The summed E-state index contributed by atoms with van der Waals surface area (Å²) in [6, 6.07) is 0.787. The molecule has 1 N–H and O–H groups in total. The first-order valence-corrected chi connectivity index (χ1v) is 7.21. The molecule has 0 aromatic rings. The number of nitrogens with one attached hydrogen (secondary N) is 1. The molecule has 4 heteroatoms. The third kappa shape index (κ3) is 5.49. The second-order valence-corrected chi connectivity index (χ2v) is 6.31. The standard InChI is InChI=1S/C15H32N2O2/c1-11(2)10-17(12(3)4)13(5)9-15(6,16-7)14(18)19-8/h11-13,16H,9-10H2,1-8H3. The molecule has 0 radical (unpaired) electrons. The van der Waals surface area contributed by atoms with Crippen LogP contribution in [0, 0.1) is 5.92 Å². The van der Waals surface area contributed by atoms with Crippen LogP contribution >= 0.6 is 0 Å². The van der Waals surface area contributed by atoms with Crippen LogP contribution < -0.4 is 5.32 Å². The molecular weight excluding hydrogens is 240 g/mol. The molecule has 0 aliphatic rings. The Balaban J connectivity index is 4.86. The number of likely N-dealkylation sites (N-methyl/N-ethyl adjacent to an activating group) is 1. The summed E-state index contributed by atoms with van der Waals surface area (Å²) in [5.74, 6) is 0.416. The van der Waals surface area contributed by atoms with E-state index in [4.69, 9.17) is 4.74 Å². The molecule has 114 valence electrons. The van der Waals surface area contributed by atoms with Gasteiger partial charge in [-0.3, -0.25) is 9.69 Å². The van der Waals surface area contributed by atoms with Gasteiger partial charge in [0.15, 0.2) is 0 Å². The Labute approximate surface area is 118 Å². The monoisotopic (exact) mass is 272 g/mol. The SMILES string of the molecule is CNC(C)(CC(C)N(CC(C)C)C(C)C)C(=O)OC. The molecule has 2 unspecified atom stereocenters. The van der Waals surface area contributed by atoms with Crippen LogP contribution in [0.2, 0.25) is 0 Å². The third-order valence-corrected chi connectivity index (χ3v) is 3.70. The molecule has 4 nitrogen and oxygen atoms in total. The lowest BCUT2D eigenvalue weighted by molar-refractivity contribution is -0.148. The largest absolute Gasteiger partial charge is 0.468 e. The number of rotatable bonds is 8. The van der Waals surface area contributed by atoms with Crippen molar-refractivity contribution in [3.63, 3.8) is 0 Å². The van der Waals surface area contributed by atoms with Crippen LogP contribution in [-0.4, -0.2) is 49.2 Å². The summed E-state index contributed by atoms with van der Waals surface area (Å²) in [5.41, 5.74) is -0.627. The zero-order valence-electron chi connectivity index (χ0n) is 13.9. The number of nitrogens with zero attached hydrogens (tertiary/aromatic N) is 1. The van der Waals surface area contributed by atoms with Crippen LogP contribution in [0.15, 0.2) is 0 Å². The van der Waals surface area contributed by atoms with Crippen molar-refractivity contribution in [3.8, 4) is 0 Å². The highest BCUT2D eigenvalue weighted by Gasteiger charge is 2.36. The minimum atomic E-state index is -0.627. The normalized spacial score (nSPS) is 16.8. The highest BCUT2D eigenvalue weighted by atomic mass is 16.5. The van der Waals surface area contributed by atoms with Crippen molar-refractivity contribution in [2.45, 2.75) is 65.6 Å². The third-order valence-electron chi connectivity index (χ3n) is 3.70. The minimum Gasteiger partial charge on any atom is -0.468 e. The van der Waals surface area contributed by atoms with Crippen molar-refractivity contribution in [1.29, 1.82) is 0 Å². The summed E-state index contributed by atoms with van der Waals surface area (Å²) >= 11 is 0. The molecule has 0 aromatic heterocycles. The lowest BCUT2D eigenvalue weighted by Gasteiger charge is -2.38. The van der Waals surface area contributed by atoms with Gasteiger partial charge in [-0.05, 0) is 47.1 Å². The van der Waals surface area contributed by atoms with E-state index >= 15 is 0 Å². The predicted octanol–water partition coefficient (Wildman–Crippen LogP) is 2.28. The maximum absolute atomic E-state index is 11.9. The summed E-state index contributed by atoms with van der Waals surface area (Å²) in [7, 11) is 3.25. The summed E-state index contributed by atoms with van der Waals surface area (Å²) in [4.78, 5) is 14.4. The van der Waals surface area contributed by atoms with E-state index in [0.717, 1.165) is 13.0 Å². The number of hydrogen-bond acceptors (Lipinski definition) is 4. The highest BCUT2D eigenvalue weighted by molar-refractivity contribution is 5.80. The zero-order chi connectivity index (χ0) is 15.2. The van der Waals surface area contributed by atoms with Crippen LogP contribution in [0.5, 0.6) is 0 Å². The molecule has 0 fully saturated rings. The Kier molecular flexibility index (Phi) is 7.60. The smallest absolute Gasteiger partial charge is 0.325 e. The number of carbonyl (C=O) groups is 1. The zero-order valence-corrected chi connectivity index (χ0v) is 13.9. The fraction of sp³-hybridized carbons (Fsp3) is 0.933. The fourth-order valence-corrected chi connectivity index (χ4v) is 2.54. The quantitative estimate of drug-likeness (QED) is 0.688. The van der Waals surface area contributed by atoms with Crippen LogP contribution in [0.3, 0.4) is 0 Å². The molecule has 0 heterocycles. The lowest BCUT2D eigenvalue weighted by atomic mass is 9.92. The Morgan fingerprint density at radius 2 is 1.79 bits per heavy atom. The van der Waals surface area contributed by atoms with Gasteiger partial charge in [0, 0.05) is 18.6 Å². The average Bonchev–Trinajstić information content (AvgIpc) is 2.33. The number of hydrogen-bond donors (Lipinski definition) is 1. The van der Waals surface area contributed by atoms with Crippen molar-refractivity contribution >= 4 is 5.97 Å². The summed E-state index contributed by atoms with van der Waals surface area (Å²) in [5, 5.41) is 3.11. The van der Waals surface area contributed by atoms with E-state index in [1.807, 2.05) is 14.0 Å². The Bertz CT molecular complexity index is 279. The maximum atomic E-state index is 11.9.